The number of nitrogens with zero attached hydrogens (tertiary/aromatic N) is 1. The van der Waals surface area contributed by atoms with Crippen molar-refractivity contribution in [1.29, 1.82) is 0 Å². The second kappa shape index (κ2) is 6.06. The monoisotopic (exact) mass is 295 g/mol. The molecule has 0 unspecified atom stereocenters. The van der Waals surface area contributed by atoms with E-state index in [2.05, 4.69) is 33.6 Å². The smallest absolute Gasteiger partial charge is 0.262 e. The van der Waals surface area contributed by atoms with Crippen LogP contribution in [-0.2, 0) is 16.6 Å². The van der Waals surface area contributed by atoms with Crippen LogP contribution in [0.2, 0.25) is 0 Å². The molecule has 0 fully saturated rings. The summed E-state index contributed by atoms with van der Waals surface area (Å²) in [4.78, 5) is 0.201. The van der Waals surface area contributed by atoms with Crippen LogP contribution in [0.5, 0.6) is 0 Å². The lowest BCUT2D eigenvalue weighted by atomic mass is 10.2. The van der Waals surface area contributed by atoms with Crippen molar-refractivity contribution in [3.05, 3.63) is 42.3 Å². The summed E-state index contributed by atoms with van der Waals surface area (Å²) in [7, 11) is -3.60. The number of aromatic nitrogens is 1. The Morgan fingerprint density at radius 2 is 1.95 bits per heavy atom. The SMILES string of the molecule is CC(C)NCc1ccc(S(=O)(=O)Nc2cnoc2)cc1. The molecule has 0 aliphatic rings. The van der Waals surface area contributed by atoms with E-state index in [-0.39, 0.29) is 4.90 Å². The molecule has 20 heavy (non-hydrogen) atoms. The fourth-order valence-corrected chi connectivity index (χ4v) is 2.60. The van der Waals surface area contributed by atoms with E-state index in [0.717, 1.165) is 5.56 Å². The van der Waals surface area contributed by atoms with Crippen molar-refractivity contribution in [2.24, 2.45) is 0 Å². The Morgan fingerprint density at radius 3 is 2.50 bits per heavy atom. The number of hydrogen-bond acceptors (Lipinski definition) is 5. The van der Waals surface area contributed by atoms with Gasteiger partial charge in [0.15, 0.2) is 0 Å². The molecule has 0 aliphatic carbocycles. The van der Waals surface area contributed by atoms with Gasteiger partial charge in [-0.25, -0.2) is 8.42 Å². The fraction of sp³-hybridized carbons (Fsp3) is 0.308. The Hall–Kier alpha value is -1.86. The highest BCUT2D eigenvalue weighted by molar-refractivity contribution is 7.92. The van der Waals surface area contributed by atoms with Crippen molar-refractivity contribution in [2.45, 2.75) is 31.3 Å². The predicted molar refractivity (Wildman–Crippen MR) is 75.7 cm³/mol. The molecule has 0 amide bonds. The Labute approximate surface area is 118 Å². The molecule has 7 heteroatoms. The Morgan fingerprint density at radius 1 is 1.25 bits per heavy atom. The maximum atomic E-state index is 12.1. The van der Waals surface area contributed by atoms with Gasteiger partial charge in [-0.3, -0.25) is 4.72 Å². The summed E-state index contributed by atoms with van der Waals surface area (Å²) in [5, 5.41) is 6.72. The van der Waals surface area contributed by atoms with Gasteiger partial charge < -0.3 is 9.84 Å². The van der Waals surface area contributed by atoms with E-state index < -0.39 is 10.0 Å². The van der Waals surface area contributed by atoms with E-state index in [9.17, 15) is 8.42 Å². The first kappa shape index (κ1) is 14.5. The van der Waals surface area contributed by atoms with Gasteiger partial charge in [0.25, 0.3) is 10.0 Å². The van der Waals surface area contributed by atoms with E-state index in [1.807, 2.05) is 0 Å². The minimum atomic E-state index is -3.60. The minimum absolute atomic E-state index is 0.201. The fourth-order valence-electron chi connectivity index (χ4n) is 1.58. The maximum Gasteiger partial charge on any atom is 0.262 e. The van der Waals surface area contributed by atoms with Crippen molar-refractivity contribution < 1.29 is 12.9 Å². The zero-order valence-corrected chi connectivity index (χ0v) is 12.1. The van der Waals surface area contributed by atoms with Gasteiger partial charge in [-0.15, -0.1) is 0 Å². The van der Waals surface area contributed by atoms with E-state index in [4.69, 9.17) is 0 Å². The lowest BCUT2D eigenvalue weighted by molar-refractivity contribution is 0.420. The molecule has 1 aromatic heterocycles. The van der Waals surface area contributed by atoms with Crippen LogP contribution in [0.25, 0.3) is 0 Å². The lowest BCUT2D eigenvalue weighted by Gasteiger charge is -2.09. The van der Waals surface area contributed by atoms with Crippen molar-refractivity contribution >= 4 is 15.7 Å². The zero-order valence-electron chi connectivity index (χ0n) is 11.3. The molecule has 1 heterocycles. The van der Waals surface area contributed by atoms with Crippen LogP contribution in [0, 0.1) is 0 Å². The highest BCUT2D eigenvalue weighted by Gasteiger charge is 2.14. The molecule has 0 aliphatic heterocycles. The molecule has 2 aromatic rings. The van der Waals surface area contributed by atoms with Crippen LogP contribution >= 0.6 is 0 Å². The van der Waals surface area contributed by atoms with E-state index >= 15 is 0 Å². The quantitative estimate of drug-likeness (QED) is 0.851. The van der Waals surface area contributed by atoms with Crippen LogP contribution in [-0.4, -0.2) is 19.6 Å². The first-order valence-electron chi connectivity index (χ1n) is 6.22. The van der Waals surface area contributed by atoms with E-state index in [1.165, 1.54) is 12.5 Å². The van der Waals surface area contributed by atoms with E-state index in [0.29, 0.717) is 18.3 Å². The molecule has 0 saturated carbocycles. The lowest BCUT2D eigenvalue weighted by Crippen LogP contribution is -2.21. The molecule has 0 atom stereocenters. The van der Waals surface area contributed by atoms with Crippen molar-refractivity contribution in [1.82, 2.24) is 10.5 Å². The molecule has 2 N–H and O–H groups in total. The molecule has 0 spiro atoms. The molecular weight excluding hydrogens is 278 g/mol. The Bertz CT molecular complexity index is 634. The number of nitrogens with one attached hydrogen (secondary N) is 2. The summed E-state index contributed by atoms with van der Waals surface area (Å²) >= 11 is 0. The molecule has 0 bridgehead atoms. The van der Waals surface area contributed by atoms with Crippen LogP contribution in [0.3, 0.4) is 0 Å². The van der Waals surface area contributed by atoms with Crippen LogP contribution in [0.15, 0.2) is 46.1 Å². The Balaban J connectivity index is 2.08. The molecule has 108 valence electrons. The van der Waals surface area contributed by atoms with Crippen molar-refractivity contribution in [2.75, 3.05) is 4.72 Å². The van der Waals surface area contributed by atoms with Crippen LogP contribution in [0.1, 0.15) is 19.4 Å². The summed E-state index contributed by atoms with van der Waals surface area (Å²) in [6.07, 6.45) is 2.54. The van der Waals surface area contributed by atoms with Gasteiger partial charge in [0.05, 0.1) is 11.1 Å². The molecular formula is C13H17N3O3S. The average molecular weight is 295 g/mol. The van der Waals surface area contributed by atoms with Gasteiger partial charge in [-0.05, 0) is 17.7 Å². The number of hydrogen-bond donors (Lipinski definition) is 2. The molecule has 2 rings (SSSR count). The summed E-state index contributed by atoms with van der Waals surface area (Å²) in [6, 6.07) is 7.11. The number of anilines is 1. The Kier molecular flexibility index (Phi) is 4.41. The van der Waals surface area contributed by atoms with Crippen LogP contribution in [0.4, 0.5) is 5.69 Å². The standard InChI is InChI=1S/C13H17N3O3S/c1-10(2)14-7-11-3-5-13(6-4-11)20(17,18)16-12-8-15-19-9-12/h3-6,8-10,14,16H,7H2,1-2H3. The van der Waals surface area contributed by atoms with Crippen molar-refractivity contribution in [3.63, 3.8) is 0 Å². The first-order valence-corrected chi connectivity index (χ1v) is 7.70. The second-order valence-electron chi connectivity index (χ2n) is 4.70. The number of sulfonamides is 1. The third-order valence-electron chi connectivity index (χ3n) is 2.63. The van der Waals surface area contributed by atoms with Crippen molar-refractivity contribution in [3.8, 4) is 0 Å². The molecule has 6 nitrogen and oxygen atoms in total. The third kappa shape index (κ3) is 3.82. The summed E-state index contributed by atoms with van der Waals surface area (Å²) in [5.41, 5.74) is 1.33. The minimum Gasteiger partial charge on any atom is -0.362 e. The normalized spacial score (nSPS) is 11.8. The van der Waals surface area contributed by atoms with Crippen LogP contribution < -0.4 is 10.0 Å². The predicted octanol–water partition coefficient (Wildman–Crippen LogP) is 1.97. The number of rotatable bonds is 6. The molecule has 1 aromatic carbocycles. The van der Waals surface area contributed by atoms with Gasteiger partial charge >= 0.3 is 0 Å². The number of benzene rings is 1. The highest BCUT2D eigenvalue weighted by Crippen LogP contribution is 2.16. The van der Waals surface area contributed by atoms with Gasteiger partial charge in [0, 0.05) is 12.6 Å². The second-order valence-corrected chi connectivity index (χ2v) is 6.38. The average Bonchev–Trinajstić information content (AvgIpc) is 2.89. The van der Waals surface area contributed by atoms with Gasteiger partial charge in [0.2, 0.25) is 0 Å². The zero-order chi connectivity index (χ0) is 14.6. The van der Waals surface area contributed by atoms with Gasteiger partial charge in [0.1, 0.15) is 12.0 Å². The summed E-state index contributed by atoms with van der Waals surface area (Å²) in [6.45, 7) is 4.82. The van der Waals surface area contributed by atoms with E-state index in [1.54, 1.807) is 24.3 Å². The van der Waals surface area contributed by atoms with Gasteiger partial charge in [-0.2, -0.15) is 0 Å². The van der Waals surface area contributed by atoms with Gasteiger partial charge in [-0.1, -0.05) is 31.1 Å². The maximum absolute atomic E-state index is 12.1. The topological polar surface area (TPSA) is 84.2 Å². The highest BCUT2D eigenvalue weighted by atomic mass is 32.2. The molecule has 0 saturated heterocycles. The summed E-state index contributed by atoms with van der Waals surface area (Å²) in [5.74, 6) is 0. The third-order valence-corrected chi connectivity index (χ3v) is 4.03. The first-order chi connectivity index (χ1) is 9.47. The molecule has 0 radical (unpaired) electrons. The summed E-state index contributed by atoms with van der Waals surface area (Å²) < 4.78 is 31.1. The largest absolute Gasteiger partial charge is 0.362 e.